The lowest BCUT2D eigenvalue weighted by molar-refractivity contribution is 0.0922. The van der Waals surface area contributed by atoms with Crippen LogP contribution in [0.15, 0.2) is 30.3 Å². The predicted octanol–water partition coefficient (Wildman–Crippen LogP) is 1.25. The maximum Gasteiger partial charge on any atom is 0.269 e. The molecule has 0 radical (unpaired) electrons. The fraction of sp³-hybridized carbons (Fsp3) is 0.375. The zero-order valence-electron chi connectivity index (χ0n) is 12.0. The molecule has 3 heterocycles. The van der Waals surface area contributed by atoms with Crippen molar-refractivity contribution in [2.24, 2.45) is 0 Å². The molecule has 2 unspecified atom stereocenters. The van der Waals surface area contributed by atoms with Crippen LogP contribution in [0.2, 0.25) is 0 Å². The molecule has 0 spiro atoms. The van der Waals surface area contributed by atoms with E-state index in [0.29, 0.717) is 12.6 Å². The van der Waals surface area contributed by atoms with Crippen LogP contribution >= 0.6 is 0 Å². The molecule has 0 saturated heterocycles. The molecular formula is C16H18N4O. The van der Waals surface area contributed by atoms with Crippen molar-refractivity contribution in [2.45, 2.75) is 32.0 Å². The lowest BCUT2D eigenvalue weighted by atomic mass is 9.89. The van der Waals surface area contributed by atoms with Crippen LogP contribution in [-0.4, -0.2) is 28.3 Å². The number of aromatic nitrogens is 2. The second-order valence-corrected chi connectivity index (χ2v) is 5.80. The summed E-state index contributed by atoms with van der Waals surface area (Å²) in [5.74, 6) is -0.00714. The van der Waals surface area contributed by atoms with E-state index in [0.717, 1.165) is 29.9 Å². The van der Waals surface area contributed by atoms with Gasteiger partial charge >= 0.3 is 0 Å². The van der Waals surface area contributed by atoms with Gasteiger partial charge in [-0.1, -0.05) is 30.3 Å². The summed E-state index contributed by atoms with van der Waals surface area (Å²) in [6.07, 6.45) is 0.867. The zero-order valence-corrected chi connectivity index (χ0v) is 12.0. The number of amides is 1. The molecular weight excluding hydrogens is 264 g/mol. The van der Waals surface area contributed by atoms with E-state index in [1.54, 1.807) is 0 Å². The smallest absolute Gasteiger partial charge is 0.269 e. The van der Waals surface area contributed by atoms with Gasteiger partial charge in [-0.05, 0) is 12.5 Å². The number of carbonyl (C=O) groups excluding carboxylic acids is 1. The highest BCUT2D eigenvalue weighted by Gasteiger charge is 2.35. The van der Waals surface area contributed by atoms with E-state index in [-0.39, 0.29) is 11.9 Å². The van der Waals surface area contributed by atoms with Crippen LogP contribution in [0.4, 0.5) is 0 Å². The molecule has 108 valence electrons. The van der Waals surface area contributed by atoms with Crippen LogP contribution in [-0.2, 0) is 13.0 Å². The van der Waals surface area contributed by atoms with Crippen molar-refractivity contribution in [3.05, 3.63) is 52.8 Å². The molecule has 0 aliphatic carbocycles. The van der Waals surface area contributed by atoms with Crippen molar-refractivity contribution in [2.75, 3.05) is 6.54 Å². The Morgan fingerprint density at radius 2 is 2.10 bits per heavy atom. The quantitative estimate of drug-likeness (QED) is 0.827. The minimum Gasteiger partial charge on any atom is -0.349 e. The van der Waals surface area contributed by atoms with Gasteiger partial charge in [0.15, 0.2) is 0 Å². The van der Waals surface area contributed by atoms with Crippen molar-refractivity contribution >= 4 is 5.91 Å². The van der Waals surface area contributed by atoms with E-state index < -0.39 is 0 Å². The molecule has 2 aromatic rings. The highest BCUT2D eigenvalue weighted by molar-refractivity contribution is 5.95. The number of fused-ring (bicyclic) bond motifs is 3. The second kappa shape index (κ2) is 4.70. The van der Waals surface area contributed by atoms with Gasteiger partial charge < -0.3 is 10.6 Å². The molecule has 5 heteroatoms. The molecule has 2 aliphatic heterocycles. The maximum absolute atomic E-state index is 12.3. The molecule has 4 rings (SSSR count). The van der Waals surface area contributed by atoms with Crippen LogP contribution in [0.1, 0.15) is 40.3 Å². The second-order valence-electron chi connectivity index (χ2n) is 5.80. The number of rotatable bonds is 1. The van der Waals surface area contributed by atoms with Crippen LogP contribution in [0.25, 0.3) is 0 Å². The first kappa shape index (κ1) is 12.6. The Labute approximate surface area is 123 Å². The van der Waals surface area contributed by atoms with Gasteiger partial charge in [-0.25, -0.2) is 0 Å². The van der Waals surface area contributed by atoms with Crippen molar-refractivity contribution in [3.8, 4) is 0 Å². The van der Waals surface area contributed by atoms with Gasteiger partial charge in [0.25, 0.3) is 5.91 Å². The Hall–Kier alpha value is -2.14. The molecule has 21 heavy (non-hydrogen) atoms. The number of nitrogens with zero attached hydrogens (tertiary/aromatic N) is 2. The Morgan fingerprint density at radius 3 is 2.90 bits per heavy atom. The molecule has 2 N–H and O–H groups in total. The first-order chi connectivity index (χ1) is 10.2. The van der Waals surface area contributed by atoms with E-state index in [1.807, 2.05) is 22.9 Å². The van der Waals surface area contributed by atoms with E-state index in [1.165, 1.54) is 5.56 Å². The molecule has 0 fully saturated rings. The minimum absolute atomic E-state index is 0.00714. The summed E-state index contributed by atoms with van der Waals surface area (Å²) in [4.78, 5) is 12.3. The van der Waals surface area contributed by atoms with Crippen molar-refractivity contribution in [1.29, 1.82) is 0 Å². The first-order valence-corrected chi connectivity index (χ1v) is 7.43. The highest BCUT2D eigenvalue weighted by atomic mass is 16.2. The molecule has 1 aromatic carbocycles. The fourth-order valence-corrected chi connectivity index (χ4v) is 3.36. The summed E-state index contributed by atoms with van der Waals surface area (Å²) < 4.78 is 1.87. The average Bonchev–Trinajstić information content (AvgIpc) is 2.86. The molecule has 1 aromatic heterocycles. The number of carbonyl (C=O) groups is 1. The summed E-state index contributed by atoms with van der Waals surface area (Å²) >= 11 is 0. The summed E-state index contributed by atoms with van der Waals surface area (Å²) in [5.41, 5.74) is 4.02. The zero-order chi connectivity index (χ0) is 14.4. The monoisotopic (exact) mass is 282 g/mol. The Balaban J connectivity index is 1.89. The van der Waals surface area contributed by atoms with Crippen molar-refractivity contribution in [3.63, 3.8) is 0 Å². The third kappa shape index (κ3) is 1.96. The summed E-state index contributed by atoms with van der Waals surface area (Å²) in [6, 6.07) is 10.7. The number of nitrogens with one attached hydrogen (secondary N) is 2. The van der Waals surface area contributed by atoms with E-state index in [4.69, 9.17) is 0 Å². The van der Waals surface area contributed by atoms with Crippen LogP contribution in [0.5, 0.6) is 0 Å². The van der Waals surface area contributed by atoms with E-state index in [9.17, 15) is 4.79 Å². The Bertz CT molecular complexity index is 692. The van der Waals surface area contributed by atoms with Gasteiger partial charge in [-0.3, -0.25) is 9.48 Å². The average molecular weight is 282 g/mol. The fourth-order valence-electron chi connectivity index (χ4n) is 3.36. The van der Waals surface area contributed by atoms with E-state index >= 15 is 0 Å². The Morgan fingerprint density at radius 1 is 1.29 bits per heavy atom. The molecule has 2 atom stereocenters. The van der Waals surface area contributed by atoms with Crippen molar-refractivity contribution < 1.29 is 4.79 Å². The van der Waals surface area contributed by atoms with Crippen LogP contribution < -0.4 is 10.6 Å². The molecule has 0 saturated carbocycles. The van der Waals surface area contributed by atoms with Crippen molar-refractivity contribution in [1.82, 2.24) is 20.4 Å². The summed E-state index contributed by atoms with van der Waals surface area (Å²) in [7, 11) is 0. The number of hydrogen-bond donors (Lipinski definition) is 2. The standard InChI is InChI=1S/C16H18N4O/c1-10-9-12-13(14(18-10)11-5-3-2-4-6-11)15-16(21)17-7-8-20(15)19-12/h2-6,10,14,18H,7-9H2,1H3,(H,17,21). The SMILES string of the molecule is CC1Cc2nn3c(c2C(c2ccccc2)N1)C(=O)NCC3. The lowest BCUT2D eigenvalue weighted by Crippen LogP contribution is -2.40. The van der Waals surface area contributed by atoms with Gasteiger partial charge in [-0.15, -0.1) is 0 Å². The summed E-state index contributed by atoms with van der Waals surface area (Å²) in [6.45, 7) is 3.58. The van der Waals surface area contributed by atoms with Gasteiger partial charge in [0.2, 0.25) is 0 Å². The highest BCUT2D eigenvalue weighted by Crippen LogP contribution is 2.33. The van der Waals surface area contributed by atoms with Crippen LogP contribution in [0, 0.1) is 0 Å². The maximum atomic E-state index is 12.3. The normalized spacial score (nSPS) is 24.1. The van der Waals surface area contributed by atoms with E-state index in [2.05, 4.69) is 34.8 Å². The molecule has 5 nitrogen and oxygen atoms in total. The van der Waals surface area contributed by atoms with Gasteiger partial charge in [0.1, 0.15) is 5.69 Å². The third-order valence-corrected chi connectivity index (χ3v) is 4.26. The lowest BCUT2D eigenvalue weighted by Gasteiger charge is -2.29. The van der Waals surface area contributed by atoms with Gasteiger partial charge in [0, 0.05) is 24.6 Å². The number of benzene rings is 1. The largest absolute Gasteiger partial charge is 0.349 e. The van der Waals surface area contributed by atoms with Gasteiger partial charge in [0.05, 0.1) is 18.3 Å². The molecule has 0 bridgehead atoms. The Kier molecular flexibility index (Phi) is 2.82. The molecule has 1 amide bonds. The minimum atomic E-state index is -0.00714. The third-order valence-electron chi connectivity index (χ3n) is 4.26. The summed E-state index contributed by atoms with van der Waals surface area (Å²) in [5, 5.41) is 11.2. The van der Waals surface area contributed by atoms with Gasteiger partial charge in [-0.2, -0.15) is 5.10 Å². The topological polar surface area (TPSA) is 59.0 Å². The molecule has 2 aliphatic rings. The van der Waals surface area contributed by atoms with Crippen LogP contribution in [0.3, 0.4) is 0 Å². The predicted molar refractivity (Wildman–Crippen MR) is 79.1 cm³/mol. The first-order valence-electron chi connectivity index (χ1n) is 7.43. The number of hydrogen-bond acceptors (Lipinski definition) is 3.